The van der Waals surface area contributed by atoms with Crippen molar-refractivity contribution in [2.75, 3.05) is 5.73 Å². The van der Waals surface area contributed by atoms with Gasteiger partial charge in [0.25, 0.3) is 5.89 Å². The van der Waals surface area contributed by atoms with Crippen LogP contribution in [-0.4, -0.2) is 10.1 Å². The maximum atomic E-state index is 5.70. The Labute approximate surface area is 96.9 Å². The van der Waals surface area contributed by atoms with Crippen molar-refractivity contribution in [3.05, 3.63) is 42.9 Å². The van der Waals surface area contributed by atoms with E-state index in [2.05, 4.69) is 10.1 Å². The zero-order chi connectivity index (χ0) is 11.7. The number of nitrogens with zero attached hydrogens (tertiary/aromatic N) is 2. The first kappa shape index (κ1) is 9.65. The summed E-state index contributed by atoms with van der Waals surface area (Å²) in [5, 5.41) is 3.90. The lowest BCUT2D eigenvalue weighted by atomic mass is 10.2. The highest BCUT2D eigenvalue weighted by atomic mass is 16.5. The molecule has 5 nitrogen and oxygen atoms in total. The van der Waals surface area contributed by atoms with Crippen LogP contribution in [0.3, 0.4) is 0 Å². The molecule has 0 bridgehead atoms. The van der Waals surface area contributed by atoms with Crippen LogP contribution in [0.5, 0.6) is 0 Å². The van der Waals surface area contributed by atoms with E-state index < -0.39 is 0 Å². The Morgan fingerprint density at radius 3 is 2.82 bits per heavy atom. The summed E-state index contributed by atoms with van der Waals surface area (Å²) in [5.41, 5.74) is 7.94. The average molecular weight is 227 g/mol. The SMILES string of the molecule is Nc1cccc(-c2noc(-c3ccoc3)n2)c1. The van der Waals surface area contributed by atoms with Crippen molar-refractivity contribution < 1.29 is 8.94 Å². The summed E-state index contributed by atoms with van der Waals surface area (Å²) < 4.78 is 10.1. The zero-order valence-electron chi connectivity index (χ0n) is 8.83. The fourth-order valence-electron chi connectivity index (χ4n) is 1.52. The van der Waals surface area contributed by atoms with Gasteiger partial charge in [-0.3, -0.25) is 0 Å². The third-order valence-corrected chi connectivity index (χ3v) is 2.34. The zero-order valence-corrected chi connectivity index (χ0v) is 8.83. The molecule has 0 atom stereocenters. The van der Waals surface area contributed by atoms with Crippen molar-refractivity contribution in [1.82, 2.24) is 10.1 Å². The summed E-state index contributed by atoms with van der Waals surface area (Å²) in [4.78, 5) is 4.27. The Kier molecular flexibility index (Phi) is 2.15. The number of nitrogen functional groups attached to an aromatic ring is 1. The molecule has 5 heteroatoms. The molecule has 17 heavy (non-hydrogen) atoms. The molecule has 0 aliphatic heterocycles. The molecule has 1 aromatic carbocycles. The van der Waals surface area contributed by atoms with E-state index in [0.29, 0.717) is 17.4 Å². The van der Waals surface area contributed by atoms with Crippen LogP contribution in [0.4, 0.5) is 5.69 Å². The van der Waals surface area contributed by atoms with E-state index >= 15 is 0 Å². The molecule has 0 unspecified atom stereocenters. The van der Waals surface area contributed by atoms with Gasteiger partial charge in [0, 0.05) is 11.3 Å². The molecule has 2 aromatic heterocycles. The fourth-order valence-corrected chi connectivity index (χ4v) is 1.52. The maximum absolute atomic E-state index is 5.70. The number of aromatic nitrogens is 2. The lowest BCUT2D eigenvalue weighted by Gasteiger charge is -1.95. The van der Waals surface area contributed by atoms with Crippen molar-refractivity contribution in [3.63, 3.8) is 0 Å². The van der Waals surface area contributed by atoms with Crippen molar-refractivity contribution in [3.8, 4) is 22.8 Å². The molecule has 0 saturated heterocycles. The molecule has 0 aliphatic rings. The van der Waals surface area contributed by atoms with E-state index in [0.717, 1.165) is 11.1 Å². The summed E-state index contributed by atoms with van der Waals surface area (Å²) >= 11 is 0. The highest BCUT2D eigenvalue weighted by Gasteiger charge is 2.11. The molecule has 0 aliphatic carbocycles. The lowest BCUT2D eigenvalue weighted by molar-refractivity contribution is 0.431. The van der Waals surface area contributed by atoms with Crippen LogP contribution in [0.1, 0.15) is 0 Å². The van der Waals surface area contributed by atoms with Crippen molar-refractivity contribution in [1.29, 1.82) is 0 Å². The van der Waals surface area contributed by atoms with Gasteiger partial charge in [0.15, 0.2) is 0 Å². The Hall–Kier alpha value is -2.56. The minimum Gasteiger partial charge on any atom is -0.472 e. The van der Waals surface area contributed by atoms with E-state index in [9.17, 15) is 0 Å². The number of rotatable bonds is 2. The highest BCUT2D eigenvalue weighted by Crippen LogP contribution is 2.23. The summed E-state index contributed by atoms with van der Waals surface area (Å²) in [6, 6.07) is 9.08. The number of hydrogen-bond donors (Lipinski definition) is 1. The molecular formula is C12H9N3O2. The molecule has 2 heterocycles. The van der Waals surface area contributed by atoms with Gasteiger partial charge in [-0.15, -0.1) is 0 Å². The van der Waals surface area contributed by atoms with Gasteiger partial charge >= 0.3 is 0 Å². The second-order valence-corrected chi connectivity index (χ2v) is 3.56. The first-order valence-electron chi connectivity index (χ1n) is 5.05. The second-order valence-electron chi connectivity index (χ2n) is 3.56. The van der Waals surface area contributed by atoms with Crippen molar-refractivity contribution >= 4 is 5.69 Å². The van der Waals surface area contributed by atoms with Crippen LogP contribution < -0.4 is 5.73 Å². The third kappa shape index (κ3) is 1.78. The van der Waals surface area contributed by atoms with Crippen LogP contribution in [0.25, 0.3) is 22.8 Å². The monoisotopic (exact) mass is 227 g/mol. The van der Waals surface area contributed by atoms with Gasteiger partial charge < -0.3 is 14.7 Å². The first-order valence-corrected chi connectivity index (χ1v) is 5.05. The molecular weight excluding hydrogens is 218 g/mol. The third-order valence-electron chi connectivity index (χ3n) is 2.34. The fraction of sp³-hybridized carbons (Fsp3) is 0. The van der Waals surface area contributed by atoms with Crippen molar-refractivity contribution in [2.24, 2.45) is 0 Å². The van der Waals surface area contributed by atoms with E-state index in [1.54, 1.807) is 30.7 Å². The molecule has 3 rings (SSSR count). The molecule has 0 radical (unpaired) electrons. The Morgan fingerprint density at radius 2 is 2.06 bits per heavy atom. The summed E-state index contributed by atoms with van der Waals surface area (Å²) in [7, 11) is 0. The van der Waals surface area contributed by atoms with Gasteiger partial charge in [-0.05, 0) is 18.2 Å². The predicted molar refractivity (Wildman–Crippen MR) is 61.8 cm³/mol. The van der Waals surface area contributed by atoms with Gasteiger partial charge in [-0.25, -0.2) is 0 Å². The predicted octanol–water partition coefficient (Wildman–Crippen LogP) is 2.58. The summed E-state index contributed by atoms with van der Waals surface area (Å²) in [6.45, 7) is 0. The molecule has 0 amide bonds. The van der Waals surface area contributed by atoms with Gasteiger partial charge in [0.1, 0.15) is 6.26 Å². The first-order chi connectivity index (χ1) is 8.33. The lowest BCUT2D eigenvalue weighted by Crippen LogP contribution is -1.86. The van der Waals surface area contributed by atoms with Gasteiger partial charge in [-0.1, -0.05) is 17.3 Å². The Bertz CT molecular complexity index is 629. The van der Waals surface area contributed by atoms with E-state index in [-0.39, 0.29) is 0 Å². The number of nitrogens with two attached hydrogens (primary N) is 1. The normalized spacial score (nSPS) is 10.6. The average Bonchev–Trinajstić information content (AvgIpc) is 3.00. The molecule has 0 spiro atoms. The molecule has 0 saturated carbocycles. The van der Waals surface area contributed by atoms with E-state index in [1.807, 2.05) is 12.1 Å². The molecule has 3 aromatic rings. The van der Waals surface area contributed by atoms with Crippen molar-refractivity contribution in [2.45, 2.75) is 0 Å². The molecule has 84 valence electrons. The second kappa shape index (κ2) is 3.79. The summed E-state index contributed by atoms with van der Waals surface area (Å²) in [5.74, 6) is 0.935. The van der Waals surface area contributed by atoms with Crippen LogP contribution in [-0.2, 0) is 0 Å². The number of furan rings is 1. The quantitative estimate of drug-likeness (QED) is 0.681. The number of anilines is 1. The maximum Gasteiger partial charge on any atom is 0.261 e. The number of benzene rings is 1. The van der Waals surface area contributed by atoms with Gasteiger partial charge in [-0.2, -0.15) is 4.98 Å². The van der Waals surface area contributed by atoms with E-state index in [4.69, 9.17) is 14.7 Å². The minimum atomic E-state index is 0.427. The topological polar surface area (TPSA) is 78.1 Å². The number of hydrogen-bond acceptors (Lipinski definition) is 5. The van der Waals surface area contributed by atoms with Crippen LogP contribution in [0.2, 0.25) is 0 Å². The van der Waals surface area contributed by atoms with Crippen LogP contribution >= 0.6 is 0 Å². The van der Waals surface area contributed by atoms with Gasteiger partial charge in [0.05, 0.1) is 11.8 Å². The standard InChI is InChI=1S/C12H9N3O2/c13-10-3-1-2-8(6-10)11-14-12(17-15-11)9-4-5-16-7-9/h1-7H,13H2. The summed E-state index contributed by atoms with van der Waals surface area (Å²) in [6.07, 6.45) is 3.11. The minimum absolute atomic E-state index is 0.427. The van der Waals surface area contributed by atoms with Crippen LogP contribution in [0, 0.1) is 0 Å². The van der Waals surface area contributed by atoms with E-state index in [1.165, 1.54) is 0 Å². The smallest absolute Gasteiger partial charge is 0.261 e. The largest absolute Gasteiger partial charge is 0.472 e. The molecule has 0 fully saturated rings. The molecule has 2 N–H and O–H groups in total. The Balaban J connectivity index is 2.01. The Morgan fingerprint density at radius 1 is 1.12 bits per heavy atom. The van der Waals surface area contributed by atoms with Gasteiger partial charge in [0.2, 0.25) is 5.82 Å². The highest BCUT2D eigenvalue weighted by molar-refractivity contribution is 5.62. The van der Waals surface area contributed by atoms with Crippen LogP contribution in [0.15, 0.2) is 51.8 Å².